The lowest BCUT2D eigenvalue weighted by molar-refractivity contribution is -0.0977. The molecule has 3 fully saturated rings. The van der Waals surface area contributed by atoms with Crippen molar-refractivity contribution in [3.05, 3.63) is 0 Å². The van der Waals surface area contributed by atoms with Gasteiger partial charge in [-0.3, -0.25) is 0 Å². The molecule has 3 heterocycles. The molecule has 3 aliphatic rings. The molecule has 0 radical (unpaired) electrons. The van der Waals surface area contributed by atoms with Crippen molar-refractivity contribution >= 4 is 8.32 Å². The van der Waals surface area contributed by atoms with Crippen molar-refractivity contribution in [3.8, 4) is 0 Å². The Morgan fingerprint density at radius 3 is 2.00 bits per heavy atom. The Hall–Kier alpha value is 0.0969. The molecule has 0 saturated carbocycles. The van der Waals surface area contributed by atoms with Gasteiger partial charge in [-0.2, -0.15) is 0 Å². The van der Waals surface area contributed by atoms with Crippen molar-refractivity contribution in [2.24, 2.45) is 0 Å². The summed E-state index contributed by atoms with van der Waals surface area (Å²) in [7, 11) is -1.63. The minimum absolute atomic E-state index is 0.295. The molecule has 3 rings (SSSR count). The van der Waals surface area contributed by atoms with Crippen LogP contribution in [0, 0.1) is 0 Å². The van der Waals surface area contributed by atoms with Crippen LogP contribution in [0.2, 0.25) is 18.1 Å². The van der Waals surface area contributed by atoms with Crippen LogP contribution in [-0.4, -0.2) is 38.8 Å². The van der Waals surface area contributed by atoms with E-state index in [1.807, 2.05) is 0 Å². The molecule has 0 N–H and O–H groups in total. The summed E-state index contributed by atoms with van der Waals surface area (Å²) in [6, 6.07) is 0. The molecule has 0 spiro atoms. The summed E-state index contributed by atoms with van der Waals surface area (Å²) in [5.41, 5.74) is 0. The highest BCUT2D eigenvalue weighted by molar-refractivity contribution is 6.74. The fourth-order valence-corrected chi connectivity index (χ4v) is 4.18. The lowest BCUT2D eigenvalue weighted by atomic mass is 10.1. The maximum Gasteiger partial charge on any atom is 0.192 e. The van der Waals surface area contributed by atoms with Gasteiger partial charge in [-0.25, -0.2) is 0 Å². The third kappa shape index (κ3) is 1.99. The van der Waals surface area contributed by atoms with Crippen LogP contribution in [0.5, 0.6) is 0 Å². The second-order valence-corrected chi connectivity index (χ2v) is 12.0. The topological polar surface area (TPSA) is 31.0 Å². The van der Waals surface area contributed by atoms with Crippen LogP contribution >= 0.6 is 0 Å². The first-order valence-electron chi connectivity index (χ1n) is 6.77. The van der Waals surface area contributed by atoms with E-state index in [1.54, 1.807) is 0 Å². The normalized spacial score (nSPS) is 44.6. The number of fused-ring (bicyclic) bond motifs is 5. The second kappa shape index (κ2) is 3.56. The van der Waals surface area contributed by atoms with E-state index in [-0.39, 0.29) is 0 Å². The zero-order valence-corrected chi connectivity index (χ0v) is 12.5. The van der Waals surface area contributed by atoms with E-state index in [0.29, 0.717) is 35.6 Å². The Labute approximate surface area is 105 Å². The van der Waals surface area contributed by atoms with Gasteiger partial charge in [-0.1, -0.05) is 20.8 Å². The summed E-state index contributed by atoms with van der Waals surface area (Å²) in [6.45, 7) is 11.6. The Kier molecular flexibility index (Phi) is 2.54. The Morgan fingerprint density at radius 2 is 1.53 bits per heavy atom. The minimum Gasteiger partial charge on any atom is -0.414 e. The number of rotatable bonds is 2. The number of ether oxygens (including phenoxy) is 2. The lowest BCUT2D eigenvalue weighted by Crippen LogP contribution is -2.47. The minimum atomic E-state index is -1.63. The molecule has 0 amide bonds. The summed E-state index contributed by atoms with van der Waals surface area (Å²) >= 11 is 0. The molecule has 0 aromatic rings. The van der Waals surface area contributed by atoms with E-state index >= 15 is 0 Å². The third-order valence-electron chi connectivity index (χ3n) is 4.90. The number of hydrogen-bond donors (Lipinski definition) is 0. The first-order chi connectivity index (χ1) is 7.78. The van der Waals surface area contributed by atoms with Crippen LogP contribution < -0.4 is 0 Å². The first kappa shape index (κ1) is 12.1. The average molecular weight is 256 g/mol. The van der Waals surface area contributed by atoms with Gasteiger partial charge in [0.25, 0.3) is 0 Å². The molecule has 98 valence electrons. The molecule has 3 aliphatic heterocycles. The number of hydrogen-bond acceptors (Lipinski definition) is 3. The fraction of sp³-hybridized carbons (Fsp3) is 1.00. The van der Waals surface area contributed by atoms with Crippen molar-refractivity contribution in [1.29, 1.82) is 0 Å². The number of epoxide rings is 1. The van der Waals surface area contributed by atoms with E-state index in [2.05, 4.69) is 33.9 Å². The van der Waals surface area contributed by atoms with E-state index in [4.69, 9.17) is 13.9 Å². The van der Waals surface area contributed by atoms with Crippen molar-refractivity contribution < 1.29 is 13.9 Å². The highest BCUT2D eigenvalue weighted by Gasteiger charge is 2.61. The van der Waals surface area contributed by atoms with Crippen LogP contribution in [0.3, 0.4) is 0 Å². The second-order valence-electron chi connectivity index (χ2n) is 7.25. The van der Waals surface area contributed by atoms with Crippen molar-refractivity contribution in [2.75, 3.05) is 0 Å². The molecule has 0 aliphatic carbocycles. The molecule has 5 atom stereocenters. The quantitative estimate of drug-likeness (QED) is 0.562. The van der Waals surface area contributed by atoms with Gasteiger partial charge in [0.2, 0.25) is 0 Å². The third-order valence-corrected chi connectivity index (χ3v) is 9.44. The predicted octanol–water partition coefficient (Wildman–Crippen LogP) is 2.71. The molecule has 1 unspecified atom stereocenters. The Balaban J connectivity index is 1.64. The van der Waals surface area contributed by atoms with Gasteiger partial charge in [0.1, 0.15) is 12.2 Å². The van der Waals surface area contributed by atoms with Gasteiger partial charge in [-0.15, -0.1) is 0 Å². The molecule has 0 aromatic carbocycles. The van der Waals surface area contributed by atoms with Crippen LogP contribution in [0.4, 0.5) is 0 Å². The van der Waals surface area contributed by atoms with E-state index < -0.39 is 8.32 Å². The molecular weight excluding hydrogens is 232 g/mol. The largest absolute Gasteiger partial charge is 0.414 e. The Morgan fingerprint density at radius 1 is 1.00 bits per heavy atom. The SMILES string of the molecule is CC(C)(C)[Si](C)(C)OC1C[C@@H]2O[C@H](C1)[C@H]1O[C@@H]12. The smallest absolute Gasteiger partial charge is 0.192 e. The van der Waals surface area contributed by atoms with Gasteiger partial charge in [-0.05, 0) is 18.1 Å². The highest BCUT2D eigenvalue weighted by Crippen LogP contribution is 2.48. The van der Waals surface area contributed by atoms with Crippen molar-refractivity contribution in [3.63, 3.8) is 0 Å². The van der Waals surface area contributed by atoms with Gasteiger partial charge in [0.05, 0.1) is 18.3 Å². The Bertz CT molecular complexity index is 307. The fourth-order valence-electron chi connectivity index (χ4n) is 2.80. The summed E-state index contributed by atoms with van der Waals surface area (Å²) in [4.78, 5) is 0. The molecule has 17 heavy (non-hydrogen) atoms. The van der Waals surface area contributed by atoms with E-state index in [9.17, 15) is 0 Å². The van der Waals surface area contributed by atoms with Gasteiger partial charge < -0.3 is 13.9 Å². The lowest BCUT2D eigenvalue weighted by Gasteiger charge is -2.41. The molecule has 2 bridgehead atoms. The van der Waals surface area contributed by atoms with E-state index in [1.165, 1.54) is 0 Å². The maximum absolute atomic E-state index is 6.50. The molecule has 4 heteroatoms. The van der Waals surface area contributed by atoms with Crippen LogP contribution in [0.1, 0.15) is 33.6 Å². The highest BCUT2D eigenvalue weighted by atomic mass is 28.4. The monoisotopic (exact) mass is 256 g/mol. The molecular formula is C13H24O3Si. The molecule has 0 aromatic heterocycles. The summed E-state index contributed by atoms with van der Waals surface area (Å²) in [5, 5.41) is 0.295. The maximum atomic E-state index is 6.50. The molecule has 3 nitrogen and oxygen atoms in total. The zero-order valence-electron chi connectivity index (χ0n) is 11.5. The van der Waals surface area contributed by atoms with Crippen molar-refractivity contribution in [2.45, 2.75) is 82.3 Å². The summed E-state index contributed by atoms with van der Waals surface area (Å²) in [5.74, 6) is 0. The zero-order chi connectivity index (χ0) is 12.4. The predicted molar refractivity (Wildman–Crippen MR) is 68.6 cm³/mol. The van der Waals surface area contributed by atoms with Crippen LogP contribution in [-0.2, 0) is 13.9 Å². The van der Waals surface area contributed by atoms with Crippen molar-refractivity contribution in [1.82, 2.24) is 0 Å². The summed E-state index contributed by atoms with van der Waals surface area (Å²) in [6.07, 6.45) is 3.88. The van der Waals surface area contributed by atoms with Gasteiger partial charge >= 0.3 is 0 Å². The van der Waals surface area contributed by atoms with Gasteiger partial charge in [0, 0.05) is 12.8 Å². The summed E-state index contributed by atoms with van der Waals surface area (Å²) < 4.78 is 18.0. The van der Waals surface area contributed by atoms with Crippen LogP contribution in [0.25, 0.3) is 0 Å². The average Bonchev–Trinajstić information content (AvgIpc) is 2.89. The standard InChI is InChI=1S/C13H24O3Si/c1-13(2,3)17(4,5)16-8-6-9-11-12(15-11)10(7-8)14-9/h8-12H,6-7H2,1-5H3/t8?,9-,10+,11-,12-/m1/s1. The van der Waals surface area contributed by atoms with E-state index in [0.717, 1.165) is 12.8 Å². The molecule has 3 saturated heterocycles. The van der Waals surface area contributed by atoms with Crippen LogP contribution in [0.15, 0.2) is 0 Å². The van der Waals surface area contributed by atoms with Gasteiger partial charge in [0.15, 0.2) is 8.32 Å². The first-order valence-corrected chi connectivity index (χ1v) is 9.67.